The minimum Gasteiger partial charge on any atom is -0.381 e. The standard InChI is InChI=1S/C27H33N3O/c1-21-10-9-15-25(29-21)19-30(2)26-17-16-24(18-26)27(20-28-31,22-11-5-3-6-12-22)23-13-7-4-8-14-23/h3-15,24-26,29H,16-20H2,1-2H3. The van der Waals surface area contributed by atoms with Crippen molar-refractivity contribution < 1.29 is 0 Å². The maximum absolute atomic E-state index is 11.8. The van der Waals surface area contributed by atoms with Gasteiger partial charge in [0.05, 0.1) is 12.6 Å². The molecule has 1 saturated carbocycles. The molecule has 0 aromatic heterocycles. The minimum absolute atomic E-state index is 0.277. The van der Waals surface area contributed by atoms with E-state index in [1.165, 1.54) is 16.8 Å². The van der Waals surface area contributed by atoms with Crippen LogP contribution >= 0.6 is 0 Å². The molecule has 31 heavy (non-hydrogen) atoms. The first-order chi connectivity index (χ1) is 15.1. The second-order valence-corrected chi connectivity index (χ2v) is 9.08. The van der Waals surface area contributed by atoms with Crippen molar-refractivity contribution >= 4 is 0 Å². The molecular formula is C27H33N3O. The Kier molecular flexibility index (Phi) is 6.67. The summed E-state index contributed by atoms with van der Waals surface area (Å²) >= 11 is 0. The Morgan fingerprint density at radius 3 is 2.26 bits per heavy atom. The fourth-order valence-corrected chi connectivity index (χ4v) is 5.62. The third kappa shape index (κ3) is 4.49. The van der Waals surface area contributed by atoms with Gasteiger partial charge in [0.1, 0.15) is 0 Å². The highest BCUT2D eigenvalue weighted by molar-refractivity contribution is 5.41. The minimum atomic E-state index is -0.373. The second-order valence-electron chi connectivity index (χ2n) is 9.08. The zero-order valence-electron chi connectivity index (χ0n) is 18.6. The fraction of sp³-hybridized carbons (Fsp3) is 0.407. The number of likely N-dealkylation sites (N-methyl/N-ethyl adjacent to an activating group) is 1. The van der Waals surface area contributed by atoms with Crippen molar-refractivity contribution in [2.75, 3.05) is 20.1 Å². The molecular weight excluding hydrogens is 382 g/mol. The van der Waals surface area contributed by atoms with Gasteiger partial charge in [-0.05, 0) is 56.4 Å². The number of nitroso groups, excluding NO2 is 1. The Bertz CT molecular complexity index is 883. The fourth-order valence-electron chi connectivity index (χ4n) is 5.62. The predicted molar refractivity (Wildman–Crippen MR) is 128 cm³/mol. The van der Waals surface area contributed by atoms with Gasteiger partial charge in [0.2, 0.25) is 0 Å². The highest BCUT2D eigenvalue weighted by Crippen LogP contribution is 2.48. The van der Waals surface area contributed by atoms with Crippen LogP contribution in [0.25, 0.3) is 0 Å². The van der Waals surface area contributed by atoms with E-state index < -0.39 is 0 Å². The van der Waals surface area contributed by atoms with E-state index in [1.54, 1.807) is 0 Å². The first-order valence-corrected chi connectivity index (χ1v) is 11.4. The number of allylic oxidation sites excluding steroid dienone is 3. The summed E-state index contributed by atoms with van der Waals surface area (Å²) in [7, 11) is 2.24. The van der Waals surface area contributed by atoms with E-state index in [0.29, 0.717) is 18.0 Å². The normalized spacial score (nSPS) is 23.5. The van der Waals surface area contributed by atoms with Gasteiger partial charge in [-0.3, -0.25) is 0 Å². The Balaban J connectivity index is 1.59. The molecule has 3 atom stereocenters. The van der Waals surface area contributed by atoms with Gasteiger partial charge in [0.15, 0.2) is 0 Å². The Morgan fingerprint density at radius 2 is 1.68 bits per heavy atom. The predicted octanol–water partition coefficient (Wildman–Crippen LogP) is 5.27. The van der Waals surface area contributed by atoms with E-state index in [-0.39, 0.29) is 12.0 Å². The molecule has 0 spiro atoms. The van der Waals surface area contributed by atoms with Crippen molar-refractivity contribution in [2.45, 2.75) is 43.7 Å². The number of hydrogen-bond acceptors (Lipinski definition) is 4. The number of hydrogen-bond donors (Lipinski definition) is 1. The van der Waals surface area contributed by atoms with Gasteiger partial charge in [0.25, 0.3) is 0 Å². The molecule has 0 amide bonds. The highest BCUT2D eigenvalue weighted by atomic mass is 16.3. The Morgan fingerprint density at radius 1 is 1.03 bits per heavy atom. The Labute approximate surface area is 186 Å². The number of dihydropyridines is 1. The van der Waals surface area contributed by atoms with E-state index in [0.717, 1.165) is 25.8 Å². The summed E-state index contributed by atoms with van der Waals surface area (Å²) in [5.74, 6) is 0.374. The van der Waals surface area contributed by atoms with Gasteiger partial charge in [-0.2, -0.15) is 4.91 Å². The number of rotatable bonds is 8. The van der Waals surface area contributed by atoms with Crippen molar-refractivity contribution in [3.63, 3.8) is 0 Å². The van der Waals surface area contributed by atoms with Crippen molar-refractivity contribution in [3.05, 3.63) is 101 Å². The maximum atomic E-state index is 11.8. The molecule has 1 heterocycles. The van der Waals surface area contributed by atoms with Crippen molar-refractivity contribution in [1.29, 1.82) is 0 Å². The maximum Gasteiger partial charge on any atom is 0.0951 e. The highest BCUT2D eigenvalue weighted by Gasteiger charge is 2.46. The summed E-state index contributed by atoms with van der Waals surface area (Å²) in [5, 5.41) is 7.05. The zero-order valence-corrected chi connectivity index (χ0v) is 18.6. The van der Waals surface area contributed by atoms with Crippen molar-refractivity contribution in [2.24, 2.45) is 11.1 Å². The molecule has 4 rings (SSSR count). The van der Waals surface area contributed by atoms with Crippen LogP contribution in [0.3, 0.4) is 0 Å². The van der Waals surface area contributed by atoms with Crippen LogP contribution in [0.4, 0.5) is 0 Å². The molecule has 4 nitrogen and oxygen atoms in total. The summed E-state index contributed by atoms with van der Waals surface area (Å²) in [4.78, 5) is 14.2. The number of benzene rings is 2. The lowest BCUT2D eigenvalue weighted by Gasteiger charge is -2.39. The van der Waals surface area contributed by atoms with Crippen LogP contribution in [0, 0.1) is 10.8 Å². The molecule has 0 saturated heterocycles. The SMILES string of the molecule is CC1=CC=CC(CN(C)C2CCC(C(CN=O)(c3ccccc3)c3ccccc3)C2)N1. The zero-order chi connectivity index (χ0) is 21.7. The third-order valence-corrected chi connectivity index (χ3v) is 7.20. The van der Waals surface area contributed by atoms with E-state index in [4.69, 9.17) is 0 Å². The molecule has 4 heteroatoms. The average Bonchev–Trinajstić information content (AvgIpc) is 3.29. The molecule has 162 valence electrons. The molecule has 1 aliphatic heterocycles. The van der Waals surface area contributed by atoms with Gasteiger partial charge >= 0.3 is 0 Å². The van der Waals surface area contributed by atoms with E-state index >= 15 is 0 Å². The summed E-state index contributed by atoms with van der Waals surface area (Å²) in [6, 6.07) is 21.9. The first-order valence-electron chi connectivity index (χ1n) is 11.4. The molecule has 2 aliphatic rings. The van der Waals surface area contributed by atoms with Gasteiger partial charge in [0, 0.05) is 23.7 Å². The van der Waals surface area contributed by atoms with Crippen LogP contribution < -0.4 is 5.32 Å². The van der Waals surface area contributed by atoms with Gasteiger partial charge < -0.3 is 10.2 Å². The largest absolute Gasteiger partial charge is 0.381 e. The van der Waals surface area contributed by atoms with Crippen LogP contribution in [0.2, 0.25) is 0 Å². The van der Waals surface area contributed by atoms with Crippen LogP contribution in [-0.2, 0) is 5.41 Å². The van der Waals surface area contributed by atoms with Crippen molar-refractivity contribution in [3.8, 4) is 0 Å². The van der Waals surface area contributed by atoms with E-state index in [2.05, 4.69) is 96.1 Å². The lowest BCUT2D eigenvalue weighted by Crippen LogP contribution is -2.43. The van der Waals surface area contributed by atoms with E-state index in [9.17, 15) is 4.91 Å². The molecule has 2 aromatic carbocycles. The molecule has 1 aliphatic carbocycles. The van der Waals surface area contributed by atoms with E-state index in [1.807, 2.05) is 12.1 Å². The van der Waals surface area contributed by atoms with Crippen molar-refractivity contribution in [1.82, 2.24) is 10.2 Å². The first kappa shape index (κ1) is 21.5. The van der Waals surface area contributed by atoms with Gasteiger partial charge in [-0.15, -0.1) is 0 Å². The molecule has 2 aromatic rings. The number of nitrogens with zero attached hydrogens (tertiary/aromatic N) is 2. The van der Waals surface area contributed by atoms with Crippen LogP contribution in [0.15, 0.2) is 89.8 Å². The molecule has 0 bridgehead atoms. The lowest BCUT2D eigenvalue weighted by molar-refractivity contribution is 0.218. The lowest BCUT2D eigenvalue weighted by atomic mass is 9.65. The van der Waals surface area contributed by atoms with Gasteiger partial charge in [-0.25, -0.2) is 0 Å². The topological polar surface area (TPSA) is 44.7 Å². The number of nitrogens with one attached hydrogen (secondary N) is 1. The quantitative estimate of drug-likeness (QED) is 0.597. The third-order valence-electron chi connectivity index (χ3n) is 7.20. The monoisotopic (exact) mass is 415 g/mol. The van der Waals surface area contributed by atoms with Crippen LogP contribution in [0.5, 0.6) is 0 Å². The van der Waals surface area contributed by atoms with Crippen LogP contribution in [0.1, 0.15) is 37.3 Å². The molecule has 1 N–H and O–H groups in total. The smallest absolute Gasteiger partial charge is 0.0951 e. The summed E-state index contributed by atoms with van der Waals surface area (Å²) in [6.07, 6.45) is 9.81. The summed E-state index contributed by atoms with van der Waals surface area (Å²) < 4.78 is 0. The average molecular weight is 416 g/mol. The summed E-state index contributed by atoms with van der Waals surface area (Å²) in [5.41, 5.74) is 3.25. The van der Waals surface area contributed by atoms with Crippen LogP contribution in [-0.4, -0.2) is 37.1 Å². The summed E-state index contributed by atoms with van der Waals surface area (Å²) in [6.45, 7) is 3.37. The Hall–Kier alpha value is -2.72. The second kappa shape index (κ2) is 9.61. The molecule has 0 radical (unpaired) electrons. The molecule has 1 fully saturated rings. The van der Waals surface area contributed by atoms with Gasteiger partial charge in [-0.1, -0.05) is 78.0 Å². The molecule has 3 unspecified atom stereocenters.